The minimum atomic E-state index is -0.00527. The Morgan fingerprint density at radius 2 is 2.04 bits per heavy atom. The molecule has 0 spiro atoms. The number of unbranched alkanes of at least 4 members (excludes halogenated alkanes) is 1. The molecule has 0 aromatic carbocycles. The largest absolute Gasteiger partial charge is 0.392 e. The first-order chi connectivity index (χ1) is 13.2. The minimum Gasteiger partial charge on any atom is -0.392 e. The van der Waals surface area contributed by atoms with E-state index in [0.717, 1.165) is 52.8 Å². The monoisotopic (exact) mass is 363 g/mol. The molecular formula is C20H21N5O2. The van der Waals surface area contributed by atoms with Gasteiger partial charge >= 0.3 is 0 Å². The van der Waals surface area contributed by atoms with Crippen LogP contribution in [0, 0.1) is 6.92 Å². The number of aromatic nitrogens is 5. The Bertz CT molecular complexity index is 1080. The molecule has 0 atom stereocenters. The lowest BCUT2D eigenvalue weighted by Crippen LogP contribution is -1.96. The van der Waals surface area contributed by atoms with Crippen molar-refractivity contribution in [2.24, 2.45) is 0 Å². The van der Waals surface area contributed by atoms with E-state index in [0.29, 0.717) is 11.7 Å². The summed E-state index contributed by atoms with van der Waals surface area (Å²) in [6.45, 7) is 4.83. The van der Waals surface area contributed by atoms with Crippen molar-refractivity contribution in [3.05, 3.63) is 48.2 Å². The van der Waals surface area contributed by atoms with Crippen molar-refractivity contribution in [2.75, 3.05) is 0 Å². The summed E-state index contributed by atoms with van der Waals surface area (Å²) in [7, 11) is 0. The summed E-state index contributed by atoms with van der Waals surface area (Å²) in [5, 5.41) is 14.7. The third-order valence-corrected chi connectivity index (χ3v) is 4.58. The van der Waals surface area contributed by atoms with Crippen molar-refractivity contribution in [2.45, 2.75) is 39.8 Å². The lowest BCUT2D eigenvalue weighted by atomic mass is 10.1. The molecule has 0 unspecified atom stereocenters. The van der Waals surface area contributed by atoms with E-state index in [9.17, 15) is 5.11 Å². The maximum Gasteiger partial charge on any atom is 0.223 e. The highest BCUT2D eigenvalue weighted by molar-refractivity contribution is 5.86. The third kappa shape index (κ3) is 3.33. The van der Waals surface area contributed by atoms with Crippen LogP contribution in [0.4, 0.5) is 0 Å². The van der Waals surface area contributed by atoms with Crippen molar-refractivity contribution in [3.63, 3.8) is 0 Å². The first-order valence-electron chi connectivity index (χ1n) is 9.05. The Morgan fingerprint density at radius 3 is 2.78 bits per heavy atom. The molecule has 0 aliphatic heterocycles. The normalized spacial score (nSPS) is 11.4. The van der Waals surface area contributed by atoms with Crippen LogP contribution in [0.15, 0.2) is 41.3 Å². The topological polar surface area (TPSA) is 89.9 Å². The van der Waals surface area contributed by atoms with Gasteiger partial charge in [-0.3, -0.25) is 9.97 Å². The zero-order valence-corrected chi connectivity index (χ0v) is 15.4. The molecule has 0 saturated heterocycles. The predicted molar refractivity (Wildman–Crippen MR) is 102 cm³/mol. The smallest absolute Gasteiger partial charge is 0.223 e. The molecule has 27 heavy (non-hydrogen) atoms. The van der Waals surface area contributed by atoms with Gasteiger partial charge in [0.1, 0.15) is 0 Å². The van der Waals surface area contributed by atoms with Crippen LogP contribution in [0.5, 0.6) is 0 Å². The van der Waals surface area contributed by atoms with Gasteiger partial charge < -0.3 is 14.2 Å². The standard InChI is InChI=1S/C20H21N5O2/c1-3-4-7-25-11-15(12-26)16-9-18(22-10-19(16)25)17-8-14(5-6-21-17)20-23-13(2)27-24-20/h5-6,8-11,26H,3-4,7,12H2,1-2H3. The fourth-order valence-electron chi connectivity index (χ4n) is 3.17. The number of nitrogens with zero attached hydrogens (tertiary/aromatic N) is 5. The highest BCUT2D eigenvalue weighted by Crippen LogP contribution is 2.27. The molecule has 4 aromatic heterocycles. The van der Waals surface area contributed by atoms with Crippen LogP contribution in [0.3, 0.4) is 0 Å². The van der Waals surface area contributed by atoms with E-state index < -0.39 is 0 Å². The third-order valence-electron chi connectivity index (χ3n) is 4.58. The number of hydrogen-bond donors (Lipinski definition) is 1. The fraction of sp³-hybridized carbons (Fsp3) is 0.300. The van der Waals surface area contributed by atoms with Crippen LogP contribution in [0.2, 0.25) is 0 Å². The Hall–Kier alpha value is -3.06. The van der Waals surface area contributed by atoms with Gasteiger partial charge in [-0.25, -0.2) is 0 Å². The van der Waals surface area contributed by atoms with E-state index in [1.165, 1.54) is 0 Å². The van der Waals surface area contributed by atoms with Gasteiger partial charge in [0.2, 0.25) is 11.7 Å². The van der Waals surface area contributed by atoms with Crippen LogP contribution in [0.1, 0.15) is 31.2 Å². The van der Waals surface area contributed by atoms with Crippen molar-refractivity contribution in [1.29, 1.82) is 0 Å². The molecule has 0 fully saturated rings. The average Bonchev–Trinajstić information content (AvgIpc) is 3.29. The van der Waals surface area contributed by atoms with Crippen LogP contribution in [-0.4, -0.2) is 29.8 Å². The molecule has 0 aliphatic rings. The maximum absolute atomic E-state index is 9.75. The molecular weight excluding hydrogens is 342 g/mol. The second-order valence-electron chi connectivity index (χ2n) is 6.51. The molecule has 7 nitrogen and oxygen atoms in total. The van der Waals surface area contributed by atoms with E-state index in [-0.39, 0.29) is 6.61 Å². The number of pyridine rings is 2. The Morgan fingerprint density at radius 1 is 1.19 bits per heavy atom. The summed E-state index contributed by atoms with van der Waals surface area (Å²) >= 11 is 0. The molecule has 4 heterocycles. The summed E-state index contributed by atoms with van der Waals surface area (Å²) in [5.74, 6) is 1.04. The highest BCUT2D eigenvalue weighted by Gasteiger charge is 2.13. The van der Waals surface area contributed by atoms with Crippen LogP contribution in [0.25, 0.3) is 33.7 Å². The summed E-state index contributed by atoms with van der Waals surface area (Å²) in [6.07, 6.45) is 7.78. The predicted octanol–water partition coefficient (Wildman–Crippen LogP) is 3.75. The van der Waals surface area contributed by atoms with Gasteiger partial charge in [0, 0.05) is 42.4 Å². The molecule has 4 aromatic rings. The van der Waals surface area contributed by atoms with Gasteiger partial charge in [-0.1, -0.05) is 18.5 Å². The number of aryl methyl sites for hydroxylation is 2. The summed E-state index contributed by atoms with van der Waals surface area (Å²) in [5.41, 5.74) is 4.21. The molecule has 7 heteroatoms. The Balaban J connectivity index is 1.76. The number of aliphatic hydroxyl groups is 1. The van der Waals surface area contributed by atoms with Crippen LogP contribution < -0.4 is 0 Å². The van der Waals surface area contributed by atoms with E-state index in [2.05, 4.69) is 31.6 Å². The zero-order valence-electron chi connectivity index (χ0n) is 15.4. The molecule has 4 rings (SSSR count). The number of aliphatic hydroxyl groups excluding tert-OH is 1. The molecule has 0 bridgehead atoms. The highest BCUT2D eigenvalue weighted by atomic mass is 16.5. The van der Waals surface area contributed by atoms with E-state index in [4.69, 9.17) is 4.52 Å². The quantitative estimate of drug-likeness (QED) is 0.561. The lowest BCUT2D eigenvalue weighted by Gasteiger charge is -2.05. The lowest BCUT2D eigenvalue weighted by molar-refractivity contribution is 0.283. The molecule has 0 saturated carbocycles. The van der Waals surface area contributed by atoms with Gasteiger partial charge in [-0.05, 0) is 24.6 Å². The molecule has 138 valence electrons. The van der Waals surface area contributed by atoms with Crippen molar-refractivity contribution < 1.29 is 9.63 Å². The van der Waals surface area contributed by atoms with Crippen molar-refractivity contribution in [3.8, 4) is 22.8 Å². The van der Waals surface area contributed by atoms with Crippen LogP contribution >= 0.6 is 0 Å². The Labute approximate surface area is 156 Å². The summed E-state index contributed by atoms with van der Waals surface area (Å²) < 4.78 is 7.22. The average molecular weight is 363 g/mol. The van der Waals surface area contributed by atoms with E-state index in [1.54, 1.807) is 13.1 Å². The SMILES string of the molecule is CCCCn1cc(CO)c2cc(-c3cc(-c4noc(C)n4)ccn3)ncc21. The van der Waals surface area contributed by atoms with Crippen molar-refractivity contribution in [1.82, 2.24) is 24.7 Å². The van der Waals surface area contributed by atoms with Gasteiger partial charge in [0.15, 0.2) is 0 Å². The first kappa shape index (κ1) is 17.4. The molecule has 0 radical (unpaired) electrons. The Kier molecular flexibility index (Phi) is 4.68. The fourth-order valence-corrected chi connectivity index (χ4v) is 3.17. The van der Waals surface area contributed by atoms with Gasteiger partial charge in [0.05, 0.1) is 29.7 Å². The van der Waals surface area contributed by atoms with Gasteiger partial charge in [0.25, 0.3) is 0 Å². The number of fused-ring (bicyclic) bond motifs is 1. The van der Waals surface area contributed by atoms with Crippen molar-refractivity contribution >= 4 is 10.9 Å². The molecule has 0 aliphatic carbocycles. The van der Waals surface area contributed by atoms with Crippen LogP contribution in [-0.2, 0) is 13.2 Å². The maximum atomic E-state index is 9.75. The minimum absolute atomic E-state index is 0.00527. The summed E-state index contributed by atoms with van der Waals surface area (Å²) in [6, 6.07) is 5.72. The summed E-state index contributed by atoms with van der Waals surface area (Å²) in [4.78, 5) is 13.3. The second kappa shape index (κ2) is 7.28. The molecule has 1 N–H and O–H groups in total. The first-order valence-corrected chi connectivity index (χ1v) is 9.05. The second-order valence-corrected chi connectivity index (χ2v) is 6.51. The number of hydrogen-bond acceptors (Lipinski definition) is 6. The molecule has 0 amide bonds. The number of rotatable bonds is 6. The zero-order chi connectivity index (χ0) is 18.8. The van der Waals surface area contributed by atoms with E-state index >= 15 is 0 Å². The van der Waals surface area contributed by atoms with E-state index in [1.807, 2.05) is 30.6 Å². The van der Waals surface area contributed by atoms with Gasteiger partial charge in [-0.15, -0.1) is 0 Å². The van der Waals surface area contributed by atoms with Gasteiger partial charge in [-0.2, -0.15) is 4.98 Å².